The zero-order chi connectivity index (χ0) is 24.5. The van der Waals surface area contributed by atoms with Crippen LogP contribution in [0.4, 0.5) is 15.8 Å². The number of piperazine rings is 1. The van der Waals surface area contributed by atoms with Crippen LogP contribution in [0.5, 0.6) is 0 Å². The predicted octanol–water partition coefficient (Wildman–Crippen LogP) is 3.91. The van der Waals surface area contributed by atoms with E-state index in [0.29, 0.717) is 55.2 Å². The average molecular weight is 494 g/mol. The van der Waals surface area contributed by atoms with Crippen LogP contribution in [0, 0.1) is 11.7 Å². The molecule has 2 amide bonds. The van der Waals surface area contributed by atoms with E-state index in [1.54, 1.807) is 12.1 Å². The number of carbonyl (C=O) groups is 2. The van der Waals surface area contributed by atoms with Crippen LogP contribution in [0.2, 0.25) is 0 Å². The number of fused-ring (bicyclic) bond motifs is 3. The highest BCUT2D eigenvalue weighted by Gasteiger charge is 2.42. The lowest BCUT2D eigenvalue weighted by molar-refractivity contribution is -0.128. The fourth-order valence-corrected chi connectivity index (χ4v) is 5.65. The Morgan fingerprint density at radius 2 is 1.77 bits per heavy atom. The average Bonchev–Trinajstić information content (AvgIpc) is 3.18. The minimum absolute atomic E-state index is 0.00849. The van der Waals surface area contributed by atoms with Gasteiger partial charge in [-0.3, -0.25) is 14.5 Å². The summed E-state index contributed by atoms with van der Waals surface area (Å²) in [6.07, 6.45) is 0.666. The van der Waals surface area contributed by atoms with Crippen LogP contribution < -0.4 is 4.90 Å². The Labute approximate surface area is 208 Å². The summed E-state index contributed by atoms with van der Waals surface area (Å²) in [5.41, 5.74) is 2.17. The van der Waals surface area contributed by atoms with Crippen molar-refractivity contribution in [3.63, 3.8) is 0 Å². The molecule has 0 N–H and O–H groups in total. The molecule has 0 bridgehead atoms. The fraction of sp³-hybridized carbons (Fsp3) is 0.385. The summed E-state index contributed by atoms with van der Waals surface area (Å²) >= 11 is 1.35. The molecule has 0 aromatic heterocycles. The van der Waals surface area contributed by atoms with Gasteiger partial charge in [0, 0.05) is 31.7 Å². The molecule has 1 unspecified atom stereocenters. The highest BCUT2D eigenvalue weighted by Crippen LogP contribution is 2.35. The molecule has 182 valence electrons. The molecular weight excluding hydrogens is 465 g/mol. The normalized spacial score (nSPS) is 19.5. The molecule has 0 aliphatic carbocycles. The van der Waals surface area contributed by atoms with Crippen molar-refractivity contribution >= 4 is 46.0 Å². The first-order chi connectivity index (χ1) is 16.9. The van der Waals surface area contributed by atoms with E-state index < -0.39 is 6.04 Å². The first kappa shape index (κ1) is 23.5. The zero-order valence-corrected chi connectivity index (χ0v) is 20.7. The maximum atomic E-state index is 14.1. The van der Waals surface area contributed by atoms with Crippen molar-refractivity contribution in [1.82, 2.24) is 9.80 Å². The Balaban J connectivity index is 1.27. The predicted molar refractivity (Wildman–Crippen MR) is 138 cm³/mol. The summed E-state index contributed by atoms with van der Waals surface area (Å²) in [7, 11) is 0. The molecule has 3 aliphatic rings. The van der Waals surface area contributed by atoms with Crippen LogP contribution >= 0.6 is 11.8 Å². The Morgan fingerprint density at radius 1 is 1.06 bits per heavy atom. The fourth-order valence-electron chi connectivity index (χ4n) is 4.70. The quantitative estimate of drug-likeness (QED) is 0.632. The van der Waals surface area contributed by atoms with Crippen LogP contribution in [0.15, 0.2) is 58.5 Å². The topological polar surface area (TPSA) is 68.6 Å². The molecule has 3 aliphatic heterocycles. The molecule has 2 aromatic carbocycles. The number of para-hydroxylation sites is 2. The summed E-state index contributed by atoms with van der Waals surface area (Å²) in [6, 6.07) is 14.0. The molecule has 7 nitrogen and oxygen atoms in total. The van der Waals surface area contributed by atoms with Crippen LogP contribution in [0.3, 0.4) is 0 Å². The Morgan fingerprint density at radius 3 is 2.51 bits per heavy atom. The van der Waals surface area contributed by atoms with Crippen molar-refractivity contribution in [1.29, 1.82) is 0 Å². The first-order valence-corrected chi connectivity index (χ1v) is 12.9. The molecule has 0 radical (unpaired) electrons. The number of aliphatic imine (C=N–C) groups is 2. The van der Waals surface area contributed by atoms with Gasteiger partial charge in [-0.2, -0.15) is 4.99 Å². The maximum absolute atomic E-state index is 14.1. The summed E-state index contributed by atoms with van der Waals surface area (Å²) in [6.45, 7) is 6.40. The van der Waals surface area contributed by atoms with E-state index in [1.807, 2.05) is 45.0 Å². The highest BCUT2D eigenvalue weighted by molar-refractivity contribution is 8.14. The molecule has 5 rings (SSSR count). The van der Waals surface area contributed by atoms with Crippen molar-refractivity contribution in [3.05, 3.63) is 59.9 Å². The zero-order valence-electron chi connectivity index (χ0n) is 19.9. The number of amidine groups is 2. The minimum Gasteiger partial charge on any atom is -0.366 e. The van der Waals surface area contributed by atoms with Gasteiger partial charge in [0.05, 0.1) is 17.1 Å². The van der Waals surface area contributed by atoms with Crippen molar-refractivity contribution in [2.45, 2.75) is 26.3 Å². The summed E-state index contributed by atoms with van der Waals surface area (Å²) in [4.78, 5) is 40.7. The van der Waals surface area contributed by atoms with Gasteiger partial charge in [0.25, 0.3) is 5.91 Å². The number of carbonyl (C=O) groups excluding carboxylic acids is 2. The lowest BCUT2D eigenvalue weighted by Crippen LogP contribution is -2.50. The van der Waals surface area contributed by atoms with Crippen molar-refractivity contribution in [3.8, 4) is 0 Å². The lowest BCUT2D eigenvalue weighted by Gasteiger charge is -2.36. The van der Waals surface area contributed by atoms with E-state index >= 15 is 0 Å². The largest absolute Gasteiger partial charge is 0.366 e. The van der Waals surface area contributed by atoms with Crippen molar-refractivity contribution in [2.24, 2.45) is 15.9 Å². The van der Waals surface area contributed by atoms with Crippen LogP contribution in [0.25, 0.3) is 0 Å². The van der Waals surface area contributed by atoms with Crippen LogP contribution in [-0.4, -0.2) is 70.6 Å². The summed E-state index contributed by atoms with van der Waals surface area (Å²) < 4.78 is 14.1. The third-order valence-electron chi connectivity index (χ3n) is 6.45. The molecule has 1 atom stereocenters. The second-order valence-corrected chi connectivity index (χ2v) is 10.3. The maximum Gasteiger partial charge on any atom is 0.270 e. The summed E-state index contributed by atoms with van der Waals surface area (Å²) in [5, 5.41) is 0.636. The van der Waals surface area contributed by atoms with Crippen molar-refractivity contribution < 1.29 is 14.0 Å². The van der Waals surface area contributed by atoms with E-state index in [9.17, 15) is 14.0 Å². The van der Waals surface area contributed by atoms with Gasteiger partial charge in [0.2, 0.25) is 5.91 Å². The standard InChI is InChI=1S/C26H28FN5O2S/c1-17(2)15-22-25(34)29-24-18-7-3-5-9-20(18)28-26(32(22)24)35-16-23(33)31-13-11-30(12-14-31)21-10-6-4-8-19(21)27/h3-10,17,22H,11-16H2,1-2H3. The number of hydrogen-bond donors (Lipinski definition) is 0. The number of benzene rings is 2. The second kappa shape index (κ2) is 9.81. The number of thioether (sulfide) groups is 1. The van der Waals surface area contributed by atoms with Crippen molar-refractivity contribution in [2.75, 3.05) is 36.8 Å². The molecule has 9 heteroatoms. The number of amides is 2. The van der Waals surface area contributed by atoms with Gasteiger partial charge in [0.15, 0.2) is 5.17 Å². The van der Waals surface area contributed by atoms with Gasteiger partial charge < -0.3 is 9.80 Å². The second-order valence-electron chi connectivity index (χ2n) is 9.31. The molecule has 35 heavy (non-hydrogen) atoms. The van der Waals surface area contributed by atoms with Gasteiger partial charge in [-0.25, -0.2) is 9.38 Å². The van der Waals surface area contributed by atoms with E-state index in [4.69, 9.17) is 4.99 Å². The molecule has 0 saturated carbocycles. The van der Waals surface area contributed by atoms with Crippen LogP contribution in [0.1, 0.15) is 25.8 Å². The molecule has 3 heterocycles. The Kier molecular flexibility index (Phi) is 6.60. The van der Waals surface area contributed by atoms with Crippen LogP contribution in [-0.2, 0) is 9.59 Å². The Hall–Kier alpha value is -3.20. The van der Waals surface area contributed by atoms with E-state index in [2.05, 4.69) is 18.8 Å². The van der Waals surface area contributed by atoms with Gasteiger partial charge >= 0.3 is 0 Å². The smallest absolute Gasteiger partial charge is 0.270 e. The van der Waals surface area contributed by atoms with E-state index in [1.165, 1.54) is 17.8 Å². The third-order valence-corrected chi connectivity index (χ3v) is 7.39. The molecule has 2 aromatic rings. The van der Waals surface area contributed by atoms with Gasteiger partial charge in [-0.05, 0) is 36.6 Å². The first-order valence-electron chi connectivity index (χ1n) is 11.9. The number of nitrogens with zero attached hydrogens (tertiary/aromatic N) is 5. The number of hydrogen-bond acceptors (Lipinski definition) is 6. The number of rotatable bonds is 5. The van der Waals surface area contributed by atoms with Gasteiger partial charge in [-0.15, -0.1) is 0 Å². The monoisotopic (exact) mass is 493 g/mol. The molecule has 1 fully saturated rings. The third kappa shape index (κ3) is 4.69. The molecule has 1 saturated heterocycles. The summed E-state index contributed by atoms with van der Waals surface area (Å²) in [5.74, 6) is 0.761. The number of anilines is 1. The minimum atomic E-state index is -0.399. The SMILES string of the molecule is CC(C)CC1C(=O)N=C2c3ccccc3N=C(SCC(=O)N3CCN(c4ccccc4F)CC3)N21. The molecular formula is C26H28FN5O2S. The van der Waals surface area contributed by atoms with E-state index in [0.717, 1.165) is 11.3 Å². The van der Waals surface area contributed by atoms with E-state index in [-0.39, 0.29) is 23.4 Å². The van der Waals surface area contributed by atoms with Gasteiger partial charge in [-0.1, -0.05) is 49.9 Å². The van der Waals surface area contributed by atoms with Gasteiger partial charge in [0.1, 0.15) is 17.7 Å². The number of halogens is 1. The highest BCUT2D eigenvalue weighted by atomic mass is 32.2. The Bertz CT molecular complexity index is 1210. The molecule has 0 spiro atoms. The lowest BCUT2D eigenvalue weighted by atomic mass is 10.0.